The van der Waals surface area contributed by atoms with Gasteiger partial charge in [-0.25, -0.2) is 4.79 Å². The van der Waals surface area contributed by atoms with Gasteiger partial charge in [-0.2, -0.15) is 0 Å². The average Bonchev–Trinajstić information content (AvgIpc) is 2.72. The van der Waals surface area contributed by atoms with Crippen LogP contribution in [0.4, 0.5) is 4.79 Å². The molecule has 1 aromatic carbocycles. The first kappa shape index (κ1) is 19.0. The number of aliphatic hydroxyl groups is 1. The fraction of sp³-hybridized carbons (Fsp3) is 0.450. The normalized spacial score (nSPS) is 19.6. The van der Waals surface area contributed by atoms with Crippen LogP contribution in [0.15, 0.2) is 18.2 Å². The lowest BCUT2D eigenvalue weighted by Crippen LogP contribution is -2.57. The van der Waals surface area contributed by atoms with Crippen LogP contribution in [0.1, 0.15) is 34.5 Å². The number of aryl methyl sites for hydroxylation is 1. The molecule has 8 heteroatoms. The molecule has 1 aliphatic heterocycles. The summed E-state index contributed by atoms with van der Waals surface area (Å²) < 4.78 is 0. The summed E-state index contributed by atoms with van der Waals surface area (Å²) in [4.78, 5) is 31.7. The van der Waals surface area contributed by atoms with Gasteiger partial charge in [-0.3, -0.25) is 9.78 Å². The Morgan fingerprint density at radius 3 is 2.75 bits per heavy atom. The minimum atomic E-state index is -1.04. The van der Waals surface area contributed by atoms with Gasteiger partial charge in [0.15, 0.2) is 0 Å². The van der Waals surface area contributed by atoms with Gasteiger partial charge in [-0.15, -0.1) is 0 Å². The number of benzene rings is 1. The Labute approximate surface area is 167 Å². The van der Waals surface area contributed by atoms with E-state index in [1.54, 1.807) is 17.0 Å². The topological polar surface area (TPSA) is 94.0 Å². The minimum absolute atomic E-state index is 0.0999. The van der Waals surface area contributed by atoms with E-state index in [1.807, 2.05) is 6.07 Å². The molecule has 2 aliphatic rings. The SMILES string of the molecule is O=C(O)N1CCN(C(=O)c2ccc3c(Cl)c4c(nc3c2)CCCC4)C(CO)C1. The van der Waals surface area contributed by atoms with E-state index in [0.29, 0.717) is 11.1 Å². The second-order valence-corrected chi connectivity index (χ2v) is 7.73. The molecule has 0 spiro atoms. The zero-order valence-corrected chi connectivity index (χ0v) is 16.2. The van der Waals surface area contributed by atoms with Crippen molar-refractivity contribution in [2.75, 3.05) is 26.2 Å². The third-order valence-corrected chi connectivity index (χ3v) is 6.10. The number of rotatable bonds is 2. The maximum absolute atomic E-state index is 13.1. The highest BCUT2D eigenvalue weighted by molar-refractivity contribution is 6.36. The highest BCUT2D eigenvalue weighted by Gasteiger charge is 2.32. The molecule has 1 saturated heterocycles. The summed E-state index contributed by atoms with van der Waals surface area (Å²) in [5, 5.41) is 20.4. The molecule has 0 saturated carbocycles. The number of aromatic nitrogens is 1. The van der Waals surface area contributed by atoms with Gasteiger partial charge in [0.1, 0.15) is 0 Å². The Kier molecular flexibility index (Phi) is 5.12. The number of piperazine rings is 1. The number of hydrogen-bond acceptors (Lipinski definition) is 4. The lowest BCUT2D eigenvalue weighted by atomic mass is 9.94. The fourth-order valence-corrected chi connectivity index (χ4v) is 4.48. The summed E-state index contributed by atoms with van der Waals surface area (Å²) in [6, 6.07) is 4.74. The maximum atomic E-state index is 13.1. The highest BCUT2D eigenvalue weighted by Crippen LogP contribution is 2.33. The molecule has 4 rings (SSSR count). The zero-order chi connectivity index (χ0) is 19.8. The van der Waals surface area contributed by atoms with Crippen LogP contribution in [-0.4, -0.2) is 69.3 Å². The molecule has 1 aromatic heterocycles. The number of carbonyl (C=O) groups excluding carboxylic acids is 1. The Bertz CT molecular complexity index is 949. The predicted octanol–water partition coefficient (Wildman–Crippen LogP) is 2.56. The monoisotopic (exact) mass is 403 g/mol. The van der Waals surface area contributed by atoms with Crippen molar-refractivity contribution in [3.8, 4) is 0 Å². The number of aliphatic hydroxyl groups excluding tert-OH is 1. The van der Waals surface area contributed by atoms with E-state index < -0.39 is 12.1 Å². The van der Waals surface area contributed by atoms with Gasteiger partial charge >= 0.3 is 6.09 Å². The van der Waals surface area contributed by atoms with Crippen LogP contribution in [0.2, 0.25) is 5.02 Å². The number of carbonyl (C=O) groups is 2. The lowest BCUT2D eigenvalue weighted by molar-refractivity contribution is 0.0310. The quantitative estimate of drug-likeness (QED) is 0.803. The molecular formula is C20H22ClN3O4. The number of pyridine rings is 1. The summed E-state index contributed by atoms with van der Waals surface area (Å²) in [5.41, 5.74) is 3.29. The summed E-state index contributed by atoms with van der Waals surface area (Å²) >= 11 is 6.60. The predicted molar refractivity (Wildman–Crippen MR) is 105 cm³/mol. The van der Waals surface area contributed by atoms with E-state index >= 15 is 0 Å². The minimum Gasteiger partial charge on any atom is -0.465 e. The van der Waals surface area contributed by atoms with E-state index in [0.717, 1.165) is 47.3 Å². The Balaban J connectivity index is 1.65. The molecule has 0 radical (unpaired) electrons. The molecule has 1 unspecified atom stereocenters. The van der Waals surface area contributed by atoms with Crippen molar-refractivity contribution in [1.29, 1.82) is 0 Å². The molecule has 2 heterocycles. The molecule has 7 nitrogen and oxygen atoms in total. The van der Waals surface area contributed by atoms with E-state index in [-0.39, 0.29) is 32.1 Å². The van der Waals surface area contributed by atoms with E-state index in [4.69, 9.17) is 21.7 Å². The van der Waals surface area contributed by atoms with Crippen molar-refractivity contribution in [3.63, 3.8) is 0 Å². The zero-order valence-electron chi connectivity index (χ0n) is 15.4. The lowest BCUT2D eigenvalue weighted by Gasteiger charge is -2.39. The molecular weight excluding hydrogens is 382 g/mol. The smallest absolute Gasteiger partial charge is 0.407 e. The molecule has 2 N–H and O–H groups in total. The molecule has 2 amide bonds. The summed E-state index contributed by atoms with van der Waals surface area (Å²) in [7, 11) is 0. The van der Waals surface area contributed by atoms with Gasteiger partial charge in [0.2, 0.25) is 0 Å². The van der Waals surface area contributed by atoms with Crippen LogP contribution in [0.5, 0.6) is 0 Å². The van der Waals surface area contributed by atoms with Crippen molar-refractivity contribution in [2.24, 2.45) is 0 Å². The van der Waals surface area contributed by atoms with Gasteiger partial charge in [-0.05, 0) is 43.4 Å². The molecule has 1 fully saturated rings. The molecule has 2 aromatic rings. The fourth-order valence-electron chi connectivity index (χ4n) is 4.12. The molecule has 28 heavy (non-hydrogen) atoms. The Morgan fingerprint density at radius 1 is 1.21 bits per heavy atom. The van der Waals surface area contributed by atoms with Crippen molar-refractivity contribution < 1.29 is 19.8 Å². The van der Waals surface area contributed by atoms with Gasteiger partial charge in [-0.1, -0.05) is 17.7 Å². The van der Waals surface area contributed by atoms with Crippen molar-refractivity contribution >= 4 is 34.5 Å². The number of nitrogens with zero attached hydrogens (tertiary/aromatic N) is 3. The summed E-state index contributed by atoms with van der Waals surface area (Å²) in [6.07, 6.45) is 2.99. The number of halogens is 1. The second-order valence-electron chi connectivity index (χ2n) is 7.35. The molecule has 1 aliphatic carbocycles. The molecule has 148 valence electrons. The first-order chi connectivity index (χ1) is 13.5. The van der Waals surface area contributed by atoms with Crippen molar-refractivity contribution in [3.05, 3.63) is 40.0 Å². The largest absolute Gasteiger partial charge is 0.465 e. The number of hydrogen-bond donors (Lipinski definition) is 2. The van der Waals surface area contributed by atoms with E-state index in [1.165, 1.54) is 4.90 Å². The van der Waals surface area contributed by atoms with Crippen molar-refractivity contribution in [2.45, 2.75) is 31.7 Å². The molecule has 0 bridgehead atoms. The summed E-state index contributed by atoms with van der Waals surface area (Å²) in [5.74, 6) is -0.235. The van der Waals surface area contributed by atoms with Crippen LogP contribution in [0.3, 0.4) is 0 Å². The van der Waals surface area contributed by atoms with Gasteiger partial charge in [0, 0.05) is 36.3 Å². The van der Waals surface area contributed by atoms with E-state index in [2.05, 4.69) is 0 Å². The number of fused-ring (bicyclic) bond motifs is 2. The first-order valence-electron chi connectivity index (χ1n) is 9.50. The molecule has 1 atom stereocenters. The number of amides is 2. The van der Waals surface area contributed by atoms with Gasteiger partial charge in [0.25, 0.3) is 5.91 Å². The highest BCUT2D eigenvalue weighted by atomic mass is 35.5. The van der Waals surface area contributed by atoms with Crippen LogP contribution in [0, 0.1) is 0 Å². The van der Waals surface area contributed by atoms with Crippen molar-refractivity contribution in [1.82, 2.24) is 14.8 Å². The number of carboxylic acid groups (broad SMARTS) is 1. The third-order valence-electron chi connectivity index (χ3n) is 5.67. The summed E-state index contributed by atoms with van der Waals surface area (Å²) in [6.45, 7) is 0.277. The van der Waals surface area contributed by atoms with Crippen LogP contribution in [0.25, 0.3) is 10.9 Å². The van der Waals surface area contributed by atoms with Gasteiger partial charge < -0.3 is 20.0 Å². The average molecular weight is 404 g/mol. The standard InChI is InChI=1S/C20H22ClN3O4/c21-18-14-3-1-2-4-16(14)22-17-9-12(5-6-15(17)18)19(26)24-8-7-23(20(27)28)10-13(24)11-25/h5-6,9,13,25H,1-4,7-8,10-11H2,(H,27,28). The van der Waals surface area contributed by atoms with E-state index in [9.17, 15) is 14.7 Å². The van der Waals surface area contributed by atoms with Crippen LogP contribution >= 0.6 is 11.6 Å². The third kappa shape index (κ3) is 3.29. The van der Waals surface area contributed by atoms with Crippen LogP contribution < -0.4 is 0 Å². The first-order valence-corrected chi connectivity index (χ1v) is 9.88. The Morgan fingerprint density at radius 2 is 2.00 bits per heavy atom. The van der Waals surface area contributed by atoms with Crippen LogP contribution in [-0.2, 0) is 12.8 Å². The second kappa shape index (κ2) is 7.56. The maximum Gasteiger partial charge on any atom is 0.407 e. The van der Waals surface area contributed by atoms with Gasteiger partial charge in [0.05, 0.1) is 23.2 Å². The Hall–Kier alpha value is -2.38.